The lowest BCUT2D eigenvalue weighted by molar-refractivity contribution is 0.757. The second kappa shape index (κ2) is 5.54. The number of aromatic nitrogens is 2. The Kier molecular flexibility index (Phi) is 3.99. The number of hydrogen-bond donors (Lipinski definition) is 2. The number of benzene rings is 1. The van der Waals surface area contributed by atoms with E-state index in [9.17, 15) is 0 Å². The van der Waals surface area contributed by atoms with Crippen molar-refractivity contribution in [2.45, 2.75) is 13.5 Å². The summed E-state index contributed by atoms with van der Waals surface area (Å²) < 4.78 is 1.67. The Hall–Kier alpha value is -2.01. The molecule has 6 heteroatoms. The number of anilines is 1. The monoisotopic (exact) mass is 291 g/mol. The SMILES string of the molecule is Cc1nn(C)c(Cl)c1CN(C)c1cccc(C(=N)N)c1. The van der Waals surface area contributed by atoms with Gasteiger partial charge in [-0.3, -0.25) is 10.1 Å². The van der Waals surface area contributed by atoms with Crippen LogP contribution >= 0.6 is 11.6 Å². The third-order valence-electron chi connectivity index (χ3n) is 3.26. The molecule has 106 valence electrons. The molecule has 5 nitrogen and oxygen atoms in total. The highest BCUT2D eigenvalue weighted by molar-refractivity contribution is 6.30. The summed E-state index contributed by atoms with van der Waals surface area (Å²) >= 11 is 6.25. The number of nitrogens with zero attached hydrogens (tertiary/aromatic N) is 3. The highest BCUT2D eigenvalue weighted by Crippen LogP contribution is 2.23. The molecule has 0 aliphatic carbocycles. The maximum Gasteiger partial charge on any atom is 0.131 e. The summed E-state index contributed by atoms with van der Waals surface area (Å²) in [5.41, 5.74) is 9.14. The molecule has 0 fully saturated rings. The van der Waals surface area contributed by atoms with Gasteiger partial charge in [-0.1, -0.05) is 23.7 Å². The van der Waals surface area contributed by atoms with Gasteiger partial charge in [-0.05, 0) is 19.1 Å². The number of aryl methyl sites for hydroxylation is 2. The van der Waals surface area contributed by atoms with Crippen molar-refractivity contribution in [2.24, 2.45) is 12.8 Å². The highest BCUT2D eigenvalue weighted by atomic mass is 35.5. The fourth-order valence-corrected chi connectivity index (χ4v) is 2.33. The summed E-state index contributed by atoms with van der Waals surface area (Å²) in [7, 11) is 3.80. The quantitative estimate of drug-likeness (QED) is 0.671. The lowest BCUT2D eigenvalue weighted by atomic mass is 10.1. The molecule has 0 aliphatic heterocycles. The van der Waals surface area contributed by atoms with Gasteiger partial charge in [0.2, 0.25) is 0 Å². The van der Waals surface area contributed by atoms with Crippen LogP contribution in [0.1, 0.15) is 16.8 Å². The number of rotatable bonds is 4. The molecule has 0 bridgehead atoms. The molecule has 0 spiro atoms. The first-order valence-electron chi connectivity index (χ1n) is 6.23. The maximum atomic E-state index is 7.49. The molecule has 0 radical (unpaired) electrons. The van der Waals surface area contributed by atoms with E-state index in [-0.39, 0.29) is 5.84 Å². The third kappa shape index (κ3) is 2.77. The summed E-state index contributed by atoms with van der Waals surface area (Å²) in [4.78, 5) is 2.06. The largest absolute Gasteiger partial charge is 0.384 e. The van der Waals surface area contributed by atoms with Crippen LogP contribution in [-0.2, 0) is 13.6 Å². The van der Waals surface area contributed by atoms with Gasteiger partial charge in [0, 0.05) is 37.5 Å². The van der Waals surface area contributed by atoms with Gasteiger partial charge < -0.3 is 10.6 Å². The lowest BCUT2D eigenvalue weighted by Crippen LogP contribution is -2.18. The van der Waals surface area contributed by atoms with Crippen LogP contribution in [0.15, 0.2) is 24.3 Å². The summed E-state index contributed by atoms with van der Waals surface area (Å²) in [6.45, 7) is 2.60. The number of amidine groups is 1. The molecule has 0 unspecified atom stereocenters. The highest BCUT2D eigenvalue weighted by Gasteiger charge is 2.14. The van der Waals surface area contributed by atoms with Gasteiger partial charge in [0.15, 0.2) is 0 Å². The molecule has 1 aromatic heterocycles. The second-order valence-electron chi connectivity index (χ2n) is 4.80. The second-order valence-corrected chi connectivity index (χ2v) is 5.16. The van der Waals surface area contributed by atoms with E-state index in [0.29, 0.717) is 17.3 Å². The van der Waals surface area contributed by atoms with E-state index in [1.54, 1.807) is 4.68 Å². The maximum absolute atomic E-state index is 7.49. The fourth-order valence-electron chi connectivity index (χ4n) is 2.09. The molecule has 2 rings (SSSR count). The van der Waals surface area contributed by atoms with Crippen molar-refractivity contribution in [3.63, 3.8) is 0 Å². The van der Waals surface area contributed by atoms with Gasteiger partial charge in [0.05, 0.1) is 5.69 Å². The molecule has 2 aromatic rings. The number of nitrogen functional groups attached to an aromatic ring is 1. The van der Waals surface area contributed by atoms with Crippen molar-refractivity contribution in [2.75, 3.05) is 11.9 Å². The zero-order valence-corrected chi connectivity index (χ0v) is 12.6. The van der Waals surface area contributed by atoms with Crippen LogP contribution in [0.4, 0.5) is 5.69 Å². The Morgan fingerprint density at radius 3 is 2.75 bits per heavy atom. The number of halogens is 1. The zero-order chi connectivity index (χ0) is 14.9. The van der Waals surface area contributed by atoms with Gasteiger partial charge >= 0.3 is 0 Å². The average molecular weight is 292 g/mol. The molecular formula is C14H18ClN5. The summed E-state index contributed by atoms with van der Waals surface area (Å²) in [6, 6.07) is 7.58. The number of nitrogens with one attached hydrogen (secondary N) is 1. The van der Waals surface area contributed by atoms with Gasteiger partial charge in [0.1, 0.15) is 11.0 Å². The lowest BCUT2D eigenvalue weighted by Gasteiger charge is -2.20. The van der Waals surface area contributed by atoms with Crippen LogP contribution in [0.3, 0.4) is 0 Å². The van der Waals surface area contributed by atoms with E-state index in [2.05, 4.69) is 10.00 Å². The predicted molar refractivity (Wildman–Crippen MR) is 82.5 cm³/mol. The Bertz CT molecular complexity index is 647. The topological polar surface area (TPSA) is 70.9 Å². The van der Waals surface area contributed by atoms with Crippen LogP contribution in [0.2, 0.25) is 5.15 Å². The van der Waals surface area contributed by atoms with E-state index in [1.807, 2.05) is 45.3 Å². The third-order valence-corrected chi connectivity index (χ3v) is 3.74. The van der Waals surface area contributed by atoms with Crippen molar-refractivity contribution >= 4 is 23.1 Å². The predicted octanol–water partition coefficient (Wildman–Crippen LogP) is 2.30. The molecule has 20 heavy (non-hydrogen) atoms. The van der Waals surface area contributed by atoms with Crippen LogP contribution in [-0.4, -0.2) is 22.7 Å². The van der Waals surface area contributed by atoms with Crippen molar-refractivity contribution in [3.8, 4) is 0 Å². The van der Waals surface area contributed by atoms with Crippen molar-refractivity contribution < 1.29 is 0 Å². The standard InChI is InChI=1S/C14H18ClN5/c1-9-12(13(15)20(3)18-9)8-19(2)11-6-4-5-10(7-11)14(16)17/h4-7H,8H2,1-3H3,(H3,16,17). The summed E-state index contributed by atoms with van der Waals surface area (Å²) in [5, 5.41) is 12.4. The summed E-state index contributed by atoms with van der Waals surface area (Å²) in [5.74, 6) is 0.0656. The fraction of sp³-hybridized carbons (Fsp3) is 0.286. The van der Waals surface area contributed by atoms with Crippen molar-refractivity contribution in [3.05, 3.63) is 46.2 Å². The number of nitrogens with two attached hydrogens (primary N) is 1. The van der Waals surface area contributed by atoms with Gasteiger partial charge in [0.25, 0.3) is 0 Å². The minimum absolute atomic E-state index is 0.0656. The Morgan fingerprint density at radius 2 is 2.20 bits per heavy atom. The van der Waals surface area contributed by atoms with E-state index >= 15 is 0 Å². The smallest absolute Gasteiger partial charge is 0.131 e. The molecule has 0 saturated heterocycles. The van der Waals surface area contributed by atoms with Crippen molar-refractivity contribution in [1.29, 1.82) is 5.41 Å². The van der Waals surface area contributed by atoms with E-state index in [1.165, 1.54) is 0 Å². The molecule has 3 N–H and O–H groups in total. The van der Waals surface area contributed by atoms with Gasteiger partial charge in [-0.25, -0.2) is 0 Å². The normalized spacial score (nSPS) is 10.6. The molecule has 0 saturated carbocycles. The first kappa shape index (κ1) is 14.4. The Morgan fingerprint density at radius 1 is 1.50 bits per heavy atom. The Labute approximate surface area is 123 Å². The summed E-state index contributed by atoms with van der Waals surface area (Å²) in [6.07, 6.45) is 0. The molecule has 1 heterocycles. The van der Waals surface area contributed by atoms with E-state index in [0.717, 1.165) is 16.9 Å². The van der Waals surface area contributed by atoms with Crippen LogP contribution in [0.25, 0.3) is 0 Å². The van der Waals surface area contributed by atoms with Crippen molar-refractivity contribution in [1.82, 2.24) is 9.78 Å². The van der Waals surface area contributed by atoms with E-state index < -0.39 is 0 Å². The Balaban J connectivity index is 2.26. The average Bonchev–Trinajstić information content (AvgIpc) is 2.65. The van der Waals surface area contributed by atoms with E-state index in [4.69, 9.17) is 22.7 Å². The van der Waals surface area contributed by atoms with Crippen LogP contribution < -0.4 is 10.6 Å². The van der Waals surface area contributed by atoms with Gasteiger partial charge in [-0.15, -0.1) is 0 Å². The first-order chi connectivity index (χ1) is 9.40. The van der Waals surface area contributed by atoms with Crippen LogP contribution in [0.5, 0.6) is 0 Å². The molecule has 1 aromatic carbocycles. The molecule has 0 amide bonds. The molecular weight excluding hydrogens is 274 g/mol. The molecule has 0 aliphatic rings. The van der Waals surface area contributed by atoms with Crippen LogP contribution in [0, 0.1) is 12.3 Å². The number of hydrogen-bond acceptors (Lipinski definition) is 3. The first-order valence-corrected chi connectivity index (χ1v) is 6.61. The van der Waals surface area contributed by atoms with Gasteiger partial charge in [-0.2, -0.15) is 5.10 Å². The molecule has 0 atom stereocenters. The minimum atomic E-state index is 0.0656. The zero-order valence-electron chi connectivity index (χ0n) is 11.8. The minimum Gasteiger partial charge on any atom is -0.384 e.